The molecule has 2 heterocycles. The first-order chi connectivity index (χ1) is 35.1. The van der Waals surface area contributed by atoms with Gasteiger partial charge in [0.25, 0.3) is 0 Å². The van der Waals surface area contributed by atoms with E-state index in [1.165, 1.54) is 161 Å². The van der Waals surface area contributed by atoms with E-state index < -0.39 is 86.8 Å². The second-order valence-corrected chi connectivity index (χ2v) is 20.8. The molecule has 0 aromatic carbocycles. The van der Waals surface area contributed by atoms with Gasteiger partial charge in [-0.1, -0.05) is 204 Å². The van der Waals surface area contributed by atoms with Gasteiger partial charge in [-0.05, 0) is 57.8 Å². The van der Waals surface area contributed by atoms with Gasteiger partial charge in [0.2, 0.25) is 5.91 Å². The van der Waals surface area contributed by atoms with Crippen LogP contribution in [0, 0.1) is 0 Å². The highest BCUT2D eigenvalue weighted by Gasteiger charge is 2.51. The number of nitrogens with one attached hydrogen (secondary N) is 1. The summed E-state index contributed by atoms with van der Waals surface area (Å²) in [6.45, 7) is 2.79. The third-order valence-corrected chi connectivity index (χ3v) is 14.3. The topological polar surface area (TPSA) is 228 Å². The molecule has 0 aromatic rings. The van der Waals surface area contributed by atoms with Crippen LogP contribution in [0.5, 0.6) is 0 Å². The Morgan fingerprint density at radius 1 is 0.486 bits per heavy atom. The normalized spacial score (nSPS) is 25.8. The highest BCUT2D eigenvalue weighted by atomic mass is 16.7. The summed E-state index contributed by atoms with van der Waals surface area (Å²) in [5.74, 6) is -0.253. The van der Waals surface area contributed by atoms with Crippen LogP contribution < -0.4 is 5.32 Å². The van der Waals surface area contributed by atoms with E-state index in [4.69, 9.17) is 18.9 Å². The number of aliphatic hydroxyl groups is 8. The molecule has 72 heavy (non-hydrogen) atoms. The Labute approximate surface area is 436 Å². The minimum Gasteiger partial charge on any atom is -0.394 e. The van der Waals surface area contributed by atoms with Crippen molar-refractivity contribution in [2.45, 2.75) is 306 Å². The molecule has 1 amide bonds. The van der Waals surface area contributed by atoms with Crippen molar-refractivity contribution in [3.63, 3.8) is 0 Å². The summed E-state index contributed by atoms with van der Waals surface area (Å²) in [4.78, 5) is 13.2. The van der Waals surface area contributed by atoms with E-state index in [2.05, 4.69) is 43.5 Å². The fourth-order valence-electron chi connectivity index (χ4n) is 9.54. The fourth-order valence-corrected chi connectivity index (χ4v) is 9.54. The number of hydrogen-bond acceptors (Lipinski definition) is 13. The summed E-state index contributed by atoms with van der Waals surface area (Å²) in [5, 5.41) is 87.0. The van der Waals surface area contributed by atoms with Crippen LogP contribution in [0.2, 0.25) is 0 Å². The van der Waals surface area contributed by atoms with Crippen molar-refractivity contribution in [3.8, 4) is 0 Å². The molecule has 0 bridgehead atoms. The SMILES string of the molecule is CCCCCCCCC/C=C\CCCCCCCCCC(=O)NC(COC1OC(CO)C(OC2OC(CO)C(O)C(O)C2O)C(O)C1O)C(O)/C=C/CC/C=C/CCCCCCCCCCCCCCCC. The summed E-state index contributed by atoms with van der Waals surface area (Å²) in [6.07, 6.45) is 36.1. The van der Waals surface area contributed by atoms with Gasteiger partial charge in [-0.15, -0.1) is 0 Å². The first-order valence-electron chi connectivity index (χ1n) is 29.2. The summed E-state index contributed by atoms with van der Waals surface area (Å²) in [6, 6.07) is -0.933. The lowest BCUT2D eigenvalue weighted by atomic mass is 9.97. The van der Waals surface area contributed by atoms with Gasteiger partial charge in [0, 0.05) is 6.42 Å². The van der Waals surface area contributed by atoms with Gasteiger partial charge in [0.15, 0.2) is 12.6 Å². The Balaban J connectivity index is 1.81. The van der Waals surface area contributed by atoms with E-state index in [0.29, 0.717) is 12.8 Å². The van der Waals surface area contributed by atoms with Crippen molar-refractivity contribution in [1.82, 2.24) is 5.32 Å². The van der Waals surface area contributed by atoms with E-state index in [1.54, 1.807) is 6.08 Å². The molecule has 2 aliphatic heterocycles. The Hall–Kier alpha value is -1.79. The zero-order valence-corrected chi connectivity index (χ0v) is 45.2. The monoisotopic (exact) mass is 1030 g/mol. The van der Waals surface area contributed by atoms with Crippen LogP contribution >= 0.6 is 0 Å². The standard InChI is InChI=1S/C58H107NO13/c1-3-5-7-9-11-13-15-17-19-21-23-24-25-27-29-31-33-35-37-39-41-47(62)46(59-50(63)42-40-38-36-34-32-30-28-26-22-20-18-16-14-12-10-8-6-4-2)45-69-57-55(68)53(66)56(49(44-61)71-57)72-58-54(67)52(65)51(64)48(43-60)70-58/h20,22,31,33,39,41,46-49,51-58,60-62,64-68H,3-19,21,23-30,32,34-38,40,42-45H2,1-2H3,(H,59,63)/b22-20-,33-31+,41-39+. The first-order valence-corrected chi connectivity index (χ1v) is 29.2. The van der Waals surface area contributed by atoms with Crippen LogP contribution in [0.3, 0.4) is 0 Å². The largest absolute Gasteiger partial charge is 0.394 e. The Morgan fingerprint density at radius 3 is 1.36 bits per heavy atom. The molecular weight excluding hydrogens is 919 g/mol. The molecule has 0 aliphatic carbocycles. The van der Waals surface area contributed by atoms with Crippen molar-refractivity contribution >= 4 is 5.91 Å². The molecule has 422 valence electrons. The predicted octanol–water partition coefficient (Wildman–Crippen LogP) is 9.44. The maximum atomic E-state index is 13.2. The molecule has 9 N–H and O–H groups in total. The van der Waals surface area contributed by atoms with Gasteiger partial charge in [0.05, 0.1) is 32.0 Å². The number of ether oxygens (including phenoxy) is 4. The molecule has 14 nitrogen and oxygen atoms in total. The molecule has 12 atom stereocenters. The van der Waals surface area contributed by atoms with Crippen molar-refractivity contribution in [1.29, 1.82) is 0 Å². The number of aliphatic hydroxyl groups excluding tert-OH is 8. The van der Waals surface area contributed by atoms with Gasteiger partial charge in [-0.25, -0.2) is 0 Å². The first kappa shape index (κ1) is 66.3. The molecule has 2 saturated heterocycles. The minimum absolute atomic E-state index is 0.253. The third kappa shape index (κ3) is 30.1. The molecular formula is C58H107NO13. The molecule has 2 aliphatic rings. The van der Waals surface area contributed by atoms with Crippen LogP contribution in [0.4, 0.5) is 0 Å². The van der Waals surface area contributed by atoms with Crippen molar-refractivity contribution in [2.24, 2.45) is 0 Å². The summed E-state index contributed by atoms with van der Waals surface area (Å²) < 4.78 is 22.7. The van der Waals surface area contributed by atoms with Crippen LogP contribution in [-0.4, -0.2) is 140 Å². The van der Waals surface area contributed by atoms with Crippen LogP contribution in [0.1, 0.15) is 232 Å². The average molecular weight is 1030 g/mol. The van der Waals surface area contributed by atoms with E-state index in [-0.39, 0.29) is 18.9 Å². The zero-order valence-electron chi connectivity index (χ0n) is 45.2. The van der Waals surface area contributed by atoms with Crippen LogP contribution in [-0.2, 0) is 23.7 Å². The molecule has 0 aromatic heterocycles. The van der Waals surface area contributed by atoms with Gasteiger partial charge in [0.1, 0.15) is 48.8 Å². The number of rotatable bonds is 46. The molecule has 2 fully saturated rings. The van der Waals surface area contributed by atoms with Crippen LogP contribution in [0.15, 0.2) is 36.5 Å². The lowest BCUT2D eigenvalue weighted by Gasteiger charge is -2.46. The van der Waals surface area contributed by atoms with Crippen molar-refractivity contribution in [2.75, 3.05) is 19.8 Å². The van der Waals surface area contributed by atoms with E-state index >= 15 is 0 Å². The number of hydrogen-bond donors (Lipinski definition) is 9. The maximum Gasteiger partial charge on any atom is 0.220 e. The van der Waals surface area contributed by atoms with Gasteiger partial charge >= 0.3 is 0 Å². The Kier molecular flexibility index (Phi) is 40.9. The van der Waals surface area contributed by atoms with E-state index in [1.807, 2.05) is 6.08 Å². The Bertz CT molecular complexity index is 1350. The zero-order chi connectivity index (χ0) is 52.4. The lowest BCUT2D eigenvalue weighted by molar-refractivity contribution is -0.359. The van der Waals surface area contributed by atoms with Gasteiger partial charge in [-0.2, -0.15) is 0 Å². The van der Waals surface area contributed by atoms with E-state index in [0.717, 1.165) is 38.5 Å². The number of carbonyl (C=O) groups excluding carboxylic acids is 1. The predicted molar refractivity (Wildman–Crippen MR) is 286 cm³/mol. The quantitative estimate of drug-likeness (QED) is 0.0205. The smallest absolute Gasteiger partial charge is 0.220 e. The number of allylic oxidation sites excluding steroid dienone is 5. The molecule has 2 rings (SSSR count). The molecule has 0 radical (unpaired) electrons. The summed E-state index contributed by atoms with van der Waals surface area (Å²) in [5.41, 5.74) is 0. The molecule has 0 saturated carbocycles. The van der Waals surface area contributed by atoms with Crippen molar-refractivity contribution in [3.05, 3.63) is 36.5 Å². The summed E-state index contributed by atoms with van der Waals surface area (Å²) >= 11 is 0. The summed E-state index contributed by atoms with van der Waals surface area (Å²) in [7, 11) is 0. The van der Waals surface area contributed by atoms with Gasteiger partial charge < -0.3 is 65.1 Å². The molecule has 14 heteroatoms. The second kappa shape index (κ2) is 44.3. The maximum absolute atomic E-state index is 13.2. The number of amides is 1. The fraction of sp³-hybridized carbons (Fsp3) is 0.879. The van der Waals surface area contributed by atoms with Crippen LogP contribution in [0.25, 0.3) is 0 Å². The highest BCUT2D eigenvalue weighted by molar-refractivity contribution is 5.76. The van der Waals surface area contributed by atoms with Crippen molar-refractivity contribution < 1.29 is 64.6 Å². The average Bonchev–Trinajstić information content (AvgIpc) is 3.38. The molecule has 12 unspecified atom stereocenters. The molecule has 0 spiro atoms. The Morgan fingerprint density at radius 2 is 0.889 bits per heavy atom. The van der Waals surface area contributed by atoms with Gasteiger partial charge in [-0.3, -0.25) is 4.79 Å². The number of carbonyl (C=O) groups is 1. The third-order valence-electron chi connectivity index (χ3n) is 14.3. The minimum atomic E-state index is -1.79. The second-order valence-electron chi connectivity index (χ2n) is 20.8. The highest BCUT2D eigenvalue weighted by Crippen LogP contribution is 2.30. The van der Waals surface area contributed by atoms with E-state index in [9.17, 15) is 45.6 Å². The lowest BCUT2D eigenvalue weighted by Crippen LogP contribution is -2.65. The number of unbranched alkanes of at least 4 members (excludes halogenated alkanes) is 29.